The molecule has 2 saturated heterocycles. The van der Waals surface area contributed by atoms with E-state index in [1.165, 1.54) is 0 Å². The third-order valence-electron chi connectivity index (χ3n) is 6.36. The van der Waals surface area contributed by atoms with Gasteiger partial charge in [0.2, 0.25) is 0 Å². The number of piperazine rings is 1. The number of aryl methyl sites for hydroxylation is 1. The van der Waals surface area contributed by atoms with Crippen molar-refractivity contribution >= 4 is 17.7 Å². The fraction of sp³-hybridized carbons (Fsp3) is 0.458. The van der Waals surface area contributed by atoms with Gasteiger partial charge in [0.25, 0.3) is 0 Å². The Morgan fingerprint density at radius 1 is 1.26 bits per heavy atom. The van der Waals surface area contributed by atoms with Crippen molar-refractivity contribution in [1.29, 1.82) is 0 Å². The number of nitrogens with one attached hydrogen (secondary N) is 1. The van der Waals surface area contributed by atoms with Crippen LogP contribution < -0.4 is 5.32 Å². The van der Waals surface area contributed by atoms with Gasteiger partial charge in [-0.1, -0.05) is 18.7 Å². The first-order valence-corrected chi connectivity index (χ1v) is 11.0. The Labute approximate surface area is 184 Å². The number of allylic oxidation sites excluding steroid dienone is 1. The van der Waals surface area contributed by atoms with Crippen molar-refractivity contribution in [2.75, 3.05) is 33.2 Å². The molecule has 7 nitrogen and oxygen atoms in total. The Bertz CT molecular complexity index is 988. The molecule has 31 heavy (non-hydrogen) atoms. The van der Waals surface area contributed by atoms with Crippen molar-refractivity contribution in [3.8, 4) is 0 Å². The second-order valence-electron chi connectivity index (χ2n) is 8.40. The smallest absolute Gasteiger partial charge is 0.138 e. The van der Waals surface area contributed by atoms with Gasteiger partial charge in [0.15, 0.2) is 0 Å². The number of hydrogen-bond donors (Lipinski definition) is 1. The number of Topliss-reactive ketones (excluding diaryl/α,β-unsaturated/α-hetero) is 1. The lowest BCUT2D eigenvalue weighted by Gasteiger charge is -2.38. The van der Waals surface area contributed by atoms with Gasteiger partial charge in [0, 0.05) is 51.4 Å². The number of rotatable bonds is 5. The Morgan fingerprint density at radius 3 is 2.71 bits per heavy atom. The van der Waals surface area contributed by atoms with E-state index in [0.717, 1.165) is 54.8 Å². The summed E-state index contributed by atoms with van der Waals surface area (Å²) in [7, 11) is 2.08. The van der Waals surface area contributed by atoms with Crippen LogP contribution in [0.15, 0.2) is 37.2 Å². The Morgan fingerprint density at radius 2 is 2.00 bits per heavy atom. The first kappa shape index (κ1) is 21.5. The molecule has 0 aliphatic carbocycles. The van der Waals surface area contributed by atoms with Crippen LogP contribution in [0, 0.1) is 6.92 Å². The number of pyridine rings is 1. The highest BCUT2D eigenvalue weighted by atomic mass is 16.1. The van der Waals surface area contributed by atoms with E-state index in [4.69, 9.17) is 4.98 Å². The maximum atomic E-state index is 12.8. The number of hydrogen-bond acceptors (Lipinski definition) is 6. The minimum absolute atomic E-state index is 0.0425. The number of piperidine rings is 1. The SMILES string of the molecule is C=C(N1CCNCC1)n1cc(C2CC(=O)CC(c3ncccc3C)N2C)nc1/C=C\C. The lowest BCUT2D eigenvalue weighted by molar-refractivity contribution is -0.125. The summed E-state index contributed by atoms with van der Waals surface area (Å²) in [6.07, 6.45) is 8.81. The maximum absolute atomic E-state index is 12.8. The molecule has 0 aromatic carbocycles. The summed E-state index contributed by atoms with van der Waals surface area (Å²) in [6, 6.07) is 3.86. The first-order chi connectivity index (χ1) is 15.0. The number of carbonyl (C=O) groups is 1. The highest BCUT2D eigenvalue weighted by Crippen LogP contribution is 2.39. The van der Waals surface area contributed by atoms with Gasteiger partial charge < -0.3 is 10.2 Å². The molecule has 0 spiro atoms. The van der Waals surface area contributed by atoms with Crippen LogP contribution in [0.25, 0.3) is 11.9 Å². The third-order valence-corrected chi connectivity index (χ3v) is 6.36. The number of aromatic nitrogens is 3. The summed E-state index contributed by atoms with van der Waals surface area (Å²) in [5.41, 5.74) is 2.99. The van der Waals surface area contributed by atoms with E-state index in [2.05, 4.69) is 57.5 Å². The molecular weight excluding hydrogens is 388 g/mol. The summed E-state index contributed by atoms with van der Waals surface area (Å²) < 4.78 is 2.06. The van der Waals surface area contributed by atoms with Crippen LogP contribution in [0.5, 0.6) is 0 Å². The topological polar surface area (TPSA) is 66.3 Å². The van der Waals surface area contributed by atoms with Crippen molar-refractivity contribution < 1.29 is 4.79 Å². The van der Waals surface area contributed by atoms with Crippen LogP contribution in [0.3, 0.4) is 0 Å². The zero-order valence-electron chi connectivity index (χ0n) is 18.7. The number of nitrogens with zero attached hydrogens (tertiary/aromatic N) is 5. The molecular formula is C24H32N6O. The molecule has 2 unspecified atom stereocenters. The number of imidazole rings is 1. The fourth-order valence-corrected chi connectivity index (χ4v) is 4.59. The fourth-order valence-electron chi connectivity index (χ4n) is 4.59. The van der Waals surface area contributed by atoms with E-state index in [-0.39, 0.29) is 17.9 Å². The average molecular weight is 421 g/mol. The van der Waals surface area contributed by atoms with Gasteiger partial charge >= 0.3 is 0 Å². The molecule has 2 aromatic rings. The Kier molecular flexibility index (Phi) is 6.34. The summed E-state index contributed by atoms with van der Waals surface area (Å²) in [4.78, 5) is 26.8. The molecule has 4 heterocycles. The van der Waals surface area contributed by atoms with Gasteiger partial charge in [-0.05, 0) is 38.6 Å². The number of carbonyl (C=O) groups excluding carboxylic acids is 1. The third kappa shape index (κ3) is 4.34. The van der Waals surface area contributed by atoms with Gasteiger partial charge in [-0.25, -0.2) is 4.98 Å². The minimum Gasteiger partial charge on any atom is -0.356 e. The second-order valence-corrected chi connectivity index (χ2v) is 8.40. The molecule has 2 aliphatic heterocycles. The molecule has 7 heteroatoms. The molecule has 2 aromatic heterocycles. The highest BCUT2D eigenvalue weighted by molar-refractivity contribution is 5.81. The van der Waals surface area contributed by atoms with Crippen molar-refractivity contribution in [2.45, 2.75) is 38.8 Å². The molecule has 1 N–H and O–H groups in total. The van der Waals surface area contributed by atoms with Gasteiger partial charge in [-0.2, -0.15) is 0 Å². The largest absolute Gasteiger partial charge is 0.356 e. The van der Waals surface area contributed by atoms with E-state index in [1.807, 2.05) is 25.1 Å². The summed E-state index contributed by atoms with van der Waals surface area (Å²) in [6.45, 7) is 12.1. The summed E-state index contributed by atoms with van der Waals surface area (Å²) in [5, 5.41) is 3.38. The standard InChI is InChI=1S/C24H32N6O/c1-5-7-23-27-20(16-30(23)18(3)29-12-10-25-11-13-29)21-14-19(31)15-22(28(21)4)24-17(2)8-6-9-26-24/h5-9,16,21-22,25H,3,10-15H2,1-2,4H3/b7-5-. The molecule has 2 aliphatic rings. The summed E-state index contributed by atoms with van der Waals surface area (Å²) in [5.74, 6) is 2.02. The van der Waals surface area contributed by atoms with E-state index in [0.29, 0.717) is 12.8 Å². The highest BCUT2D eigenvalue weighted by Gasteiger charge is 2.37. The Hall–Kier alpha value is -2.77. The van der Waals surface area contributed by atoms with Crippen molar-refractivity contribution in [3.63, 3.8) is 0 Å². The van der Waals surface area contributed by atoms with E-state index >= 15 is 0 Å². The first-order valence-electron chi connectivity index (χ1n) is 11.0. The van der Waals surface area contributed by atoms with Gasteiger partial charge in [-0.3, -0.25) is 19.2 Å². The molecule has 2 atom stereocenters. The van der Waals surface area contributed by atoms with Crippen molar-refractivity contribution in [3.05, 3.63) is 60.0 Å². The Balaban J connectivity index is 1.67. The van der Waals surface area contributed by atoms with Crippen LogP contribution in [0.1, 0.15) is 54.6 Å². The molecule has 0 amide bonds. The lowest BCUT2D eigenvalue weighted by atomic mass is 9.90. The molecule has 4 rings (SSSR count). The lowest BCUT2D eigenvalue weighted by Crippen LogP contribution is -2.43. The minimum atomic E-state index is -0.0891. The van der Waals surface area contributed by atoms with E-state index in [9.17, 15) is 4.79 Å². The molecule has 2 fully saturated rings. The normalized spacial score (nSPS) is 22.9. The van der Waals surface area contributed by atoms with Crippen LogP contribution >= 0.6 is 0 Å². The maximum Gasteiger partial charge on any atom is 0.138 e. The number of ketones is 1. The van der Waals surface area contributed by atoms with Crippen LogP contribution in [0.4, 0.5) is 0 Å². The quantitative estimate of drug-likeness (QED) is 0.802. The monoisotopic (exact) mass is 420 g/mol. The van der Waals surface area contributed by atoms with Crippen LogP contribution in [0.2, 0.25) is 0 Å². The molecule has 0 saturated carbocycles. The zero-order chi connectivity index (χ0) is 22.0. The van der Waals surface area contributed by atoms with Gasteiger partial charge in [0.05, 0.1) is 23.5 Å². The van der Waals surface area contributed by atoms with Gasteiger partial charge in [0.1, 0.15) is 17.4 Å². The van der Waals surface area contributed by atoms with E-state index in [1.54, 1.807) is 6.20 Å². The van der Waals surface area contributed by atoms with Crippen LogP contribution in [-0.4, -0.2) is 63.3 Å². The van der Waals surface area contributed by atoms with Crippen molar-refractivity contribution in [1.82, 2.24) is 29.7 Å². The predicted octanol–water partition coefficient (Wildman–Crippen LogP) is 3.03. The van der Waals surface area contributed by atoms with E-state index < -0.39 is 0 Å². The summed E-state index contributed by atoms with van der Waals surface area (Å²) >= 11 is 0. The second kappa shape index (κ2) is 9.16. The van der Waals surface area contributed by atoms with Crippen LogP contribution in [-0.2, 0) is 4.79 Å². The molecule has 164 valence electrons. The van der Waals surface area contributed by atoms with Crippen molar-refractivity contribution in [2.24, 2.45) is 0 Å². The average Bonchev–Trinajstić information content (AvgIpc) is 3.19. The van der Waals surface area contributed by atoms with Gasteiger partial charge in [-0.15, -0.1) is 0 Å². The molecule has 0 radical (unpaired) electrons. The number of likely N-dealkylation sites (tertiary alicyclic amines) is 1. The zero-order valence-corrected chi connectivity index (χ0v) is 18.7. The predicted molar refractivity (Wildman–Crippen MR) is 123 cm³/mol. The molecule has 0 bridgehead atoms.